The molecular formula is C24H32N2O5. The van der Waals surface area contributed by atoms with Crippen LogP contribution in [-0.2, 0) is 20.9 Å². The van der Waals surface area contributed by atoms with E-state index in [1.54, 1.807) is 34.3 Å². The molecule has 0 bridgehead atoms. The van der Waals surface area contributed by atoms with Gasteiger partial charge in [0, 0.05) is 19.2 Å². The zero-order valence-corrected chi connectivity index (χ0v) is 18.4. The third kappa shape index (κ3) is 6.85. The molecule has 0 radical (unpaired) electrons. The van der Waals surface area contributed by atoms with Crippen LogP contribution in [0.3, 0.4) is 0 Å². The fourth-order valence-electron chi connectivity index (χ4n) is 3.58. The van der Waals surface area contributed by atoms with E-state index in [2.05, 4.69) is 0 Å². The van der Waals surface area contributed by atoms with Gasteiger partial charge in [0.2, 0.25) is 5.91 Å². The number of benzene rings is 1. The standard InChI is InChI=1S/C24H32N2O5/c1-3-19(2)26(24(28)18-31-20-9-5-4-6-10-20)17-23(27)25(15-21-11-7-13-29-21)16-22-12-8-14-30-22/h4-7,9-11,13,19,22H,3,8,12,14-18H2,1-2H3/t19-,22+/m0/s1. The van der Waals surface area contributed by atoms with Crippen molar-refractivity contribution in [1.29, 1.82) is 0 Å². The number of nitrogens with zero attached hydrogens (tertiary/aromatic N) is 2. The molecule has 2 aromatic rings. The Labute approximate surface area is 183 Å². The fraction of sp³-hybridized carbons (Fsp3) is 0.500. The molecule has 0 N–H and O–H groups in total. The molecule has 7 heteroatoms. The summed E-state index contributed by atoms with van der Waals surface area (Å²) in [6, 6.07) is 12.8. The van der Waals surface area contributed by atoms with Crippen LogP contribution in [0.5, 0.6) is 5.75 Å². The van der Waals surface area contributed by atoms with Gasteiger partial charge in [0.25, 0.3) is 5.91 Å². The van der Waals surface area contributed by atoms with Crippen molar-refractivity contribution in [1.82, 2.24) is 9.80 Å². The molecule has 7 nitrogen and oxygen atoms in total. The van der Waals surface area contributed by atoms with E-state index in [4.69, 9.17) is 13.9 Å². The van der Waals surface area contributed by atoms with Gasteiger partial charge < -0.3 is 23.7 Å². The molecule has 31 heavy (non-hydrogen) atoms. The number of furan rings is 1. The predicted octanol–water partition coefficient (Wildman–Crippen LogP) is 3.49. The van der Waals surface area contributed by atoms with Gasteiger partial charge in [-0.05, 0) is 50.5 Å². The molecule has 0 saturated carbocycles. The number of amides is 2. The second-order valence-corrected chi connectivity index (χ2v) is 7.87. The average Bonchev–Trinajstić information content (AvgIpc) is 3.50. The number of carbonyl (C=O) groups excluding carboxylic acids is 2. The van der Waals surface area contributed by atoms with Crippen molar-refractivity contribution in [2.75, 3.05) is 26.3 Å². The minimum Gasteiger partial charge on any atom is -0.484 e. The Morgan fingerprint density at radius 2 is 1.97 bits per heavy atom. The largest absolute Gasteiger partial charge is 0.484 e. The third-order valence-electron chi connectivity index (χ3n) is 5.58. The van der Waals surface area contributed by atoms with Crippen molar-refractivity contribution in [3.05, 3.63) is 54.5 Å². The van der Waals surface area contributed by atoms with E-state index < -0.39 is 0 Å². The van der Waals surface area contributed by atoms with E-state index in [0.717, 1.165) is 25.9 Å². The van der Waals surface area contributed by atoms with Gasteiger partial charge in [-0.25, -0.2) is 0 Å². The monoisotopic (exact) mass is 428 g/mol. The number of ether oxygens (including phenoxy) is 2. The van der Waals surface area contributed by atoms with Crippen molar-refractivity contribution < 1.29 is 23.5 Å². The molecule has 1 aliphatic rings. The highest BCUT2D eigenvalue weighted by molar-refractivity contribution is 5.85. The van der Waals surface area contributed by atoms with Gasteiger partial charge in [0.05, 0.1) is 18.9 Å². The van der Waals surface area contributed by atoms with Crippen molar-refractivity contribution in [2.45, 2.75) is 51.8 Å². The first kappa shape index (κ1) is 22.9. The van der Waals surface area contributed by atoms with Crippen LogP contribution in [0.15, 0.2) is 53.1 Å². The molecule has 0 spiro atoms. The Morgan fingerprint density at radius 1 is 1.16 bits per heavy atom. The van der Waals surface area contributed by atoms with Gasteiger partial charge in [0.1, 0.15) is 18.1 Å². The molecule has 2 amide bonds. The Kier molecular flexibility index (Phi) is 8.53. The van der Waals surface area contributed by atoms with Crippen LogP contribution in [0.1, 0.15) is 38.9 Å². The number of hydrogen-bond acceptors (Lipinski definition) is 5. The maximum atomic E-state index is 13.3. The van der Waals surface area contributed by atoms with Crippen molar-refractivity contribution in [3.8, 4) is 5.75 Å². The Morgan fingerprint density at radius 3 is 2.61 bits per heavy atom. The number of carbonyl (C=O) groups is 2. The normalized spacial score (nSPS) is 16.6. The summed E-state index contributed by atoms with van der Waals surface area (Å²) in [4.78, 5) is 29.5. The second-order valence-electron chi connectivity index (χ2n) is 7.87. The Balaban J connectivity index is 1.65. The first-order valence-electron chi connectivity index (χ1n) is 11.0. The van der Waals surface area contributed by atoms with E-state index in [-0.39, 0.29) is 37.1 Å². The summed E-state index contributed by atoms with van der Waals surface area (Å²) in [6.45, 7) is 5.41. The van der Waals surface area contributed by atoms with Gasteiger partial charge >= 0.3 is 0 Å². The highest BCUT2D eigenvalue weighted by Crippen LogP contribution is 2.17. The molecule has 1 fully saturated rings. The zero-order valence-electron chi connectivity index (χ0n) is 18.4. The lowest BCUT2D eigenvalue weighted by Crippen LogP contribution is -2.49. The lowest BCUT2D eigenvalue weighted by atomic mass is 10.2. The van der Waals surface area contributed by atoms with Gasteiger partial charge in [-0.2, -0.15) is 0 Å². The van der Waals surface area contributed by atoms with Gasteiger partial charge in [0.15, 0.2) is 6.61 Å². The van der Waals surface area contributed by atoms with Crippen LogP contribution >= 0.6 is 0 Å². The number of para-hydroxylation sites is 1. The van der Waals surface area contributed by atoms with Crippen LogP contribution in [0.2, 0.25) is 0 Å². The number of hydrogen-bond donors (Lipinski definition) is 0. The lowest BCUT2D eigenvalue weighted by Gasteiger charge is -2.31. The minimum absolute atomic E-state index is 0.000577. The molecule has 0 aliphatic carbocycles. The van der Waals surface area contributed by atoms with E-state index in [9.17, 15) is 9.59 Å². The fourth-order valence-corrected chi connectivity index (χ4v) is 3.58. The molecule has 3 rings (SSSR count). The van der Waals surface area contributed by atoms with Crippen LogP contribution in [-0.4, -0.2) is 60.1 Å². The molecule has 2 heterocycles. The smallest absolute Gasteiger partial charge is 0.261 e. The van der Waals surface area contributed by atoms with E-state index in [0.29, 0.717) is 24.6 Å². The highest BCUT2D eigenvalue weighted by atomic mass is 16.5. The minimum atomic E-state index is -0.207. The van der Waals surface area contributed by atoms with Crippen molar-refractivity contribution >= 4 is 11.8 Å². The van der Waals surface area contributed by atoms with E-state index >= 15 is 0 Å². The van der Waals surface area contributed by atoms with Crippen LogP contribution in [0.4, 0.5) is 0 Å². The van der Waals surface area contributed by atoms with Crippen LogP contribution < -0.4 is 4.74 Å². The molecule has 1 aliphatic heterocycles. The summed E-state index contributed by atoms with van der Waals surface area (Å²) in [5, 5.41) is 0. The highest BCUT2D eigenvalue weighted by Gasteiger charge is 2.28. The zero-order chi connectivity index (χ0) is 22.1. The summed E-state index contributed by atoms with van der Waals surface area (Å²) in [7, 11) is 0. The molecule has 2 atom stereocenters. The second kappa shape index (κ2) is 11.6. The molecule has 0 unspecified atom stereocenters. The molecule has 168 valence electrons. The first-order chi connectivity index (χ1) is 15.1. The maximum Gasteiger partial charge on any atom is 0.261 e. The molecular weight excluding hydrogens is 396 g/mol. The van der Waals surface area contributed by atoms with Gasteiger partial charge in [-0.3, -0.25) is 9.59 Å². The summed E-state index contributed by atoms with van der Waals surface area (Å²) in [5.74, 6) is 1.01. The molecule has 1 aromatic heterocycles. The Bertz CT molecular complexity index is 803. The maximum absolute atomic E-state index is 13.3. The predicted molar refractivity (Wildman–Crippen MR) is 117 cm³/mol. The van der Waals surface area contributed by atoms with Crippen LogP contribution in [0.25, 0.3) is 0 Å². The summed E-state index contributed by atoms with van der Waals surface area (Å²) in [6.07, 6.45) is 4.30. The Hall–Kier alpha value is -2.80. The topological polar surface area (TPSA) is 72.2 Å². The quantitative estimate of drug-likeness (QED) is 0.548. The average molecular weight is 429 g/mol. The van der Waals surface area contributed by atoms with Crippen molar-refractivity contribution in [3.63, 3.8) is 0 Å². The summed E-state index contributed by atoms with van der Waals surface area (Å²) >= 11 is 0. The first-order valence-corrected chi connectivity index (χ1v) is 11.0. The van der Waals surface area contributed by atoms with E-state index in [1.165, 1.54) is 0 Å². The van der Waals surface area contributed by atoms with Crippen LogP contribution in [0, 0.1) is 0 Å². The van der Waals surface area contributed by atoms with Crippen molar-refractivity contribution in [2.24, 2.45) is 0 Å². The van der Waals surface area contributed by atoms with Gasteiger partial charge in [-0.1, -0.05) is 25.1 Å². The van der Waals surface area contributed by atoms with Gasteiger partial charge in [-0.15, -0.1) is 0 Å². The summed E-state index contributed by atoms with van der Waals surface area (Å²) < 4.78 is 16.8. The summed E-state index contributed by atoms with van der Waals surface area (Å²) in [5.41, 5.74) is 0. The lowest BCUT2D eigenvalue weighted by molar-refractivity contribution is -0.144. The molecule has 1 aromatic carbocycles. The molecule has 1 saturated heterocycles. The van der Waals surface area contributed by atoms with E-state index in [1.807, 2.05) is 38.1 Å². The number of rotatable bonds is 11. The SMILES string of the molecule is CC[C@H](C)N(CC(=O)N(Cc1ccco1)C[C@H]1CCCO1)C(=O)COc1ccccc1. The third-order valence-corrected chi connectivity index (χ3v) is 5.58.